The molecule has 0 fully saturated rings. The van der Waals surface area contributed by atoms with Gasteiger partial charge in [0.2, 0.25) is 6.79 Å². The molecule has 86 valence electrons. The van der Waals surface area contributed by atoms with Crippen LogP contribution in [-0.4, -0.2) is 6.79 Å². The van der Waals surface area contributed by atoms with E-state index in [0.29, 0.717) is 0 Å². The number of benzene rings is 2. The lowest BCUT2D eigenvalue weighted by atomic mass is 10.2. The molecule has 0 radical (unpaired) electrons. The van der Waals surface area contributed by atoms with Crippen molar-refractivity contribution in [3.05, 3.63) is 48.3 Å². The van der Waals surface area contributed by atoms with Crippen molar-refractivity contribution in [2.45, 2.75) is 0 Å². The van der Waals surface area contributed by atoms with Gasteiger partial charge in [0.05, 0.1) is 0 Å². The number of anilines is 2. The molecule has 2 aromatic carbocycles. The summed E-state index contributed by atoms with van der Waals surface area (Å²) in [7, 11) is 0. The first-order valence-corrected chi connectivity index (χ1v) is 5.23. The average Bonchev–Trinajstić information content (AvgIpc) is 2.79. The quantitative estimate of drug-likeness (QED) is 0.860. The standard InChI is InChI=1S/C13H10FNO2/c14-9-1-3-10(4-2-9)15-11-5-6-12-13(7-11)17-8-16-12/h1-7,15H,8H2. The molecule has 17 heavy (non-hydrogen) atoms. The molecule has 0 saturated heterocycles. The van der Waals surface area contributed by atoms with Crippen molar-refractivity contribution >= 4 is 11.4 Å². The van der Waals surface area contributed by atoms with E-state index in [9.17, 15) is 4.39 Å². The fourth-order valence-corrected chi connectivity index (χ4v) is 1.67. The van der Waals surface area contributed by atoms with E-state index in [1.54, 1.807) is 12.1 Å². The minimum absolute atomic E-state index is 0.249. The zero-order chi connectivity index (χ0) is 11.7. The van der Waals surface area contributed by atoms with Gasteiger partial charge in [-0.2, -0.15) is 0 Å². The molecule has 3 nitrogen and oxygen atoms in total. The molecular weight excluding hydrogens is 221 g/mol. The van der Waals surface area contributed by atoms with Gasteiger partial charge in [-0.3, -0.25) is 0 Å². The van der Waals surface area contributed by atoms with Crippen molar-refractivity contribution < 1.29 is 13.9 Å². The van der Waals surface area contributed by atoms with Crippen molar-refractivity contribution in [3.63, 3.8) is 0 Å². The molecule has 1 aliphatic rings. The SMILES string of the molecule is Fc1ccc(Nc2ccc3c(c2)OCO3)cc1. The van der Waals surface area contributed by atoms with E-state index in [1.165, 1.54) is 12.1 Å². The topological polar surface area (TPSA) is 30.5 Å². The second-order valence-corrected chi connectivity index (χ2v) is 3.70. The van der Waals surface area contributed by atoms with Crippen molar-refractivity contribution in [1.29, 1.82) is 0 Å². The first-order chi connectivity index (χ1) is 8.31. The normalized spacial score (nSPS) is 12.5. The van der Waals surface area contributed by atoms with Gasteiger partial charge in [0.25, 0.3) is 0 Å². The maximum atomic E-state index is 12.7. The van der Waals surface area contributed by atoms with Gasteiger partial charge in [-0.15, -0.1) is 0 Å². The molecule has 2 aromatic rings. The Bertz CT molecular complexity index is 540. The van der Waals surface area contributed by atoms with Crippen molar-refractivity contribution in [2.75, 3.05) is 12.1 Å². The van der Waals surface area contributed by atoms with Gasteiger partial charge in [0.1, 0.15) is 5.82 Å². The molecule has 1 heterocycles. The molecule has 0 aliphatic carbocycles. The van der Waals surface area contributed by atoms with Crippen LogP contribution in [0.15, 0.2) is 42.5 Å². The van der Waals surface area contributed by atoms with Crippen LogP contribution in [0.5, 0.6) is 11.5 Å². The number of fused-ring (bicyclic) bond motifs is 1. The maximum absolute atomic E-state index is 12.7. The Labute approximate surface area is 97.8 Å². The summed E-state index contributed by atoms with van der Waals surface area (Å²) < 4.78 is 23.2. The summed E-state index contributed by atoms with van der Waals surface area (Å²) >= 11 is 0. The van der Waals surface area contributed by atoms with Crippen LogP contribution in [-0.2, 0) is 0 Å². The Morgan fingerprint density at radius 1 is 0.882 bits per heavy atom. The van der Waals surface area contributed by atoms with E-state index in [-0.39, 0.29) is 12.6 Å². The third-order valence-corrected chi connectivity index (χ3v) is 2.51. The van der Waals surface area contributed by atoms with Crippen molar-refractivity contribution in [3.8, 4) is 11.5 Å². The van der Waals surface area contributed by atoms with E-state index < -0.39 is 0 Å². The van der Waals surface area contributed by atoms with Crippen LogP contribution in [0.25, 0.3) is 0 Å². The molecule has 1 aliphatic heterocycles. The zero-order valence-electron chi connectivity index (χ0n) is 8.94. The summed E-state index contributed by atoms with van der Waals surface area (Å²) in [5.74, 6) is 1.22. The molecule has 0 amide bonds. The van der Waals surface area contributed by atoms with Crippen LogP contribution in [0, 0.1) is 5.82 Å². The lowest BCUT2D eigenvalue weighted by Crippen LogP contribution is -1.93. The lowest BCUT2D eigenvalue weighted by Gasteiger charge is -2.06. The monoisotopic (exact) mass is 231 g/mol. The molecule has 1 N–H and O–H groups in total. The highest BCUT2D eigenvalue weighted by molar-refractivity contribution is 5.63. The number of nitrogens with one attached hydrogen (secondary N) is 1. The van der Waals surface area contributed by atoms with Crippen LogP contribution in [0.1, 0.15) is 0 Å². The number of rotatable bonds is 2. The fourth-order valence-electron chi connectivity index (χ4n) is 1.67. The first kappa shape index (κ1) is 9.96. The summed E-state index contributed by atoms with van der Waals surface area (Å²) in [5.41, 5.74) is 1.70. The Balaban J connectivity index is 1.83. The second kappa shape index (κ2) is 3.97. The number of hydrogen-bond acceptors (Lipinski definition) is 3. The van der Waals surface area contributed by atoms with Gasteiger partial charge in [-0.25, -0.2) is 4.39 Å². The minimum atomic E-state index is -0.249. The largest absolute Gasteiger partial charge is 0.454 e. The van der Waals surface area contributed by atoms with E-state index in [0.717, 1.165) is 22.9 Å². The van der Waals surface area contributed by atoms with Crippen LogP contribution in [0.2, 0.25) is 0 Å². The highest BCUT2D eigenvalue weighted by atomic mass is 19.1. The summed E-state index contributed by atoms with van der Waals surface area (Å²) in [6.07, 6.45) is 0. The summed E-state index contributed by atoms with van der Waals surface area (Å²) in [6.45, 7) is 0.259. The van der Waals surface area contributed by atoms with Gasteiger partial charge < -0.3 is 14.8 Å². The Kier molecular flexibility index (Phi) is 2.33. The number of halogens is 1. The van der Waals surface area contributed by atoms with Gasteiger partial charge >= 0.3 is 0 Å². The molecule has 0 saturated carbocycles. The second-order valence-electron chi connectivity index (χ2n) is 3.70. The average molecular weight is 231 g/mol. The minimum Gasteiger partial charge on any atom is -0.454 e. The van der Waals surface area contributed by atoms with Crippen LogP contribution in [0.3, 0.4) is 0 Å². The van der Waals surface area contributed by atoms with Gasteiger partial charge in [0.15, 0.2) is 11.5 Å². The molecular formula is C13H10FNO2. The van der Waals surface area contributed by atoms with Crippen molar-refractivity contribution in [2.24, 2.45) is 0 Å². The van der Waals surface area contributed by atoms with Crippen LogP contribution in [0.4, 0.5) is 15.8 Å². The highest BCUT2D eigenvalue weighted by Crippen LogP contribution is 2.35. The lowest BCUT2D eigenvalue weighted by molar-refractivity contribution is 0.174. The number of hydrogen-bond donors (Lipinski definition) is 1. The molecule has 0 bridgehead atoms. The first-order valence-electron chi connectivity index (χ1n) is 5.23. The summed E-state index contributed by atoms with van der Waals surface area (Å²) in [6, 6.07) is 11.8. The van der Waals surface area contributed by atoms with E-state index in [2.05, 4.69) is 5.32 Å². The third-order valence-electron chi connectivity index (χ3n) is 2.51. The molecule has 3 rings (SSSR count). The van der Waals surface area contributed by atoms with Gasteiger partial charge in [-0.05, 0) is 36.4 Å². The molecule has 0 spiro atoms. The van der Waals surface area contributed by atoms with E-state index >= 15 is 0 Å². The van der Waals surface area contributed by atoms with Crippen LogP contribution < -0.4 is 14.8 Å². The van der Waals surface area contributed by atoms with Crippen molar-refractivity contribution in [1.82, 2.24) is 0 Å². The third kappa shape index (κ3) is 2.01. The highest BCUT2D eigenvalue weighted by Gasteiger charge is 2.12. The molecule has 0 aromatic heterocycles. The fraction of sp³-hybridized carbons (Fsp3) is 0.0769. The predicted molar refractivity (Wildman–Crippen MR) is 62.2 cm³/mol. The molecule has 0 atom stereocenters. The van der Waals surface area contributed by atoms with E-state index in [4.69, 9.17) is 9.47 Å². The summed E-state index contributed by atoms with van der Waals surface area (Å²) in [4.78, 5) is 0. The Morgan fingerprint density at radius 2 is 1.59 bits per heavy atom. The Hall–Kier alpha value is -2.23. The number of ether oxygens (including phenoxy) is 2. The van der Waals surface area contributed by atoms with Gasteiger partial charge in [0, 0.05) is 17.4 Å². The smallest absolute Gasteiger partial charge is 0.231 e. The van der Waals surface area contributed by atoms with E-state index in [1.807, 2.05) is 18.2 Å². The molecule has 0 unspecified atom stereocenters. The molecule has 4 heteroatoms. The predicted octanol–water partition coefficient (Wildman–Crippen LogP) is 3.30. The maximum Gasteiger partial charge on any atom is 0.231 e. The Morgan fingerprint density at radius 3 is 2.41 bits per heavy atom. The van der Waals surface area contributed by atoms with Crippen LogP contribution >= 0.6 is 0 Å². The van der Waals surface area contributed by atoms with Gasteiger partial charge in [-0.1, -0.05) is 0 Å². The summed E-state index contributed by atoms with van der Waals surface area (Å²) in [5, 5.41) is 3.16. The zero-order valence-corrected chi connectivity index (χ0v) is 8.94.